The Bertz CT molecular complexity index is 816. The van der Waals surface area contributed by atoms with Gasteiger partial charge in [0, 0.05) is 11.6 Å². The molecule has 22 heavy (non-hydrogen) atoms. The van der Waals surface area contributed by atoms with Crippen molar-refractivity contribution in [3.8, 4) is 22.7 Å². The lowest BCUT2D eigenvalue weighted by molar-refractivity contribution is 0.415. The van der Waals surface area contributed by atoms with Crippen molar-refractivity contribution < 1.29 is 13.5 Å². The van der Waals surface area contributed by atoms with Gasteiger partial charge in [-0.05, 0) is 59.0 Å². The molecule has 0 amide bonds. The van der Waals surface area contributed by atoms with E-state index < -0.39 is 11.6 Å². The van der Waals surface area contributed by atoms with Gasteiger partial charge in [-0.2, -0.15) is 5.10 Å². The summed E-state index contributed by atoms with van der Waals surface area (Å²) in [6.07, 6.45) is 1.62. The van der Waals surface area contributed by atoms with Crippen molar-refractivity contribution in [1.29, 1.82) is 0 Å². The van der Waals surface area contributed by atoms with Crippen LogP contribution in [0, 0.1) is 15.2 Å². The standard InChI is InChI=1S/C16H11F2IN2O/c1-22-12-5-2-10(3-6-12)16-14(19)9-20-21(16)15-8-11(17)4-7-13(15)18/h2-9H,1H3. The SMILES string of the molecule is COc1ccc(-c2c(I)cnn2-c2cc(F)ccc2F)cc1. The lowest BCUT2D eigenvalue weighted by atomic mass is 10.1. The molecule has 3 nitrogen and oxygen atoms in total. The van der Waals surface area contributed by atoms with E-state index in [-0.39, 0.29) is 5.69 Å². The predicted molar refractivity (Wildman–Crippen MR) is 88.2 cm³/mol. The molecule has 0 radical (unpaired) electrons. The van der Waals surface area contributed by atoms with E-state index in [4.69, 9.17) is 4.74 Å². The molecule has 0 aliphatic carbocycles. The van der Waals surface area contributed by atoms with Crippen LogP contribution in [0.25, 0.3) is 16.9 Å². The van der Waals surface area contributed by atoms with Gasteiger partial charge in [-0.3, -0.25) is 0 Å². The number of benzene rings is 2. The minimum atomic E-state index is -0.532. The first-order valence-electron chi connectivity index (χ1n) is 6.43. The third kappa shape index (κ3) is 2.70. The second kappa shape index (κ2) is 6.04. The number of halogens is 3. The minimum absolute atomic E-state index is 0.0775. The molecule has 0 spiro atoms. The maximum absolute atomic E-state index is 14.0. The van der Waals surface area contributed by atoms with Crippen LogP contribution < -0.4 is 4.74 Å². The summed E-state index contributed by atoms with van der Waals surface area (Å²) in [6.45, 7) is 0. The van der Waals surface area contributed by atoms with Gasteiger partial charge in [0.15, 0.2) is 0 Å². The monoisotopic (exact) mass is 412 g/mol. The normalized spacial score (nSPS) is 10.7. The number of aromatic nitrogens is 2. The number of rotatable bonds is 3. The molecule has 0 saturated heterocycles. The van der Waals surface area contributed by atoms with Gasteiger partial charge in [-0.25, -0.2) is 13.5 Å². The number of nitrogens with zero attached hydrogens (tertiary/aromatic N) is 2. The van der Waals surface area contributed by atoms with Gasteiger partial charge in [0.25, 0.3) is 0 Å². The van der Waals surface area contributed by atoms with Gasteiger partial charge >= 0.3 is 0 Å². The Morgan fingerprint density at radius 1 is 1.09 bits per heavy atom. The molecule has 0 unspecified atom stereocenters. The van der Waals surface area contributed by atoms with Crippen LogP contribution in [0.5, 0.6) is 5.75 Å². The highest BCUT2D eigenvalue weighted by Crippen LogP contribution is 2.30. The Morgan fingerprint density at radius 3 is 2.50 bits per heavy atom. The zero-order valence-corrected chi connectivity index (χ0v) is 13.7. The van der Waals surface area contributed by atoms with Crippen molar-refractivity contribution >= 4 is 22.6 Å². The van der Waals surface area contributed by atoms with E-state index in [0.717, 1.165) is 33.1 Å². The number of hydrogen-bond acceptors (Lipinski definition) is 2. The Hall–Kier alpha value is -1.96. The molecule has 3 rings (SSSR count). The van der Waals surface area contributed by atoms with Gasteiger partial charge < -0.3 is 4.74 Å². The number of methoxy groups -OCH3 is 1. The third-order valence-electron chi connectivity index (χ3n) is 3.22. The summed E-state index contributed by atoms with van der Waals surface area (Å²) in [4.78, 5) is 0. The molecule has 0 N–H and O–H groups in total. The van der Waals surface area contributed by atoms with Crippen LogP contribution in [-0.4, -0.2) is 16.9 Å². The van der Waals surface area contributed by atoms with E-state index in [1.54, 1.807) is 13.3 Å². The van der Waals surface area contributed by atoms with Gasteiger partial charge in [0.2, 0.25) is 0 Å². The third-order valence-corrected chi connectivity index (χ3v) is 4.01. The molecule has 0 aliphatic rings. The van der Waals surface area contributed by atoms with Gasteiger partial charge in [0.1, 0.15) is 23.1 Å². The van der Waals surface area contributed by atoms with Crippen LogP contribution in [0.3, 0.4) is 0 Å². The lowest BCUT2D eigenvalue weighted by Crippen LogP contribution is -2.03. The van der Waals surface area contributed by atoms with Crippen molar-refractivity contribution in [3.63, 3.8) is 0 Å². The van der Waals surface area contributed by atoms with E-state index in [0.29, 0.717) is 5.69 Å². The Balaban J connectivity index is 2.16. The largest absolute Gasteiger partial charge is 0.497 e. The van der Waals surface area contributed by atoms with Crippen molar-refractivity contribution in [2.24, 2.45) is 0 Å². The quantitative estimate of drug-likeness (QED) is 0.596. The molecule has 0 fully saturated rings. The molecular formula is C16H11F2IN2O. The molecule has 0 atom stereocenters. The molecule has 2 aromatic carbocycles. The van der Waals surface area contributed by atoms with Crippen LogP contribution >= 0.6 is 22.6 Å². The van der Waals surface area contributed by atoms with Crippen LogP contribution in [0.4, 0.5) is 8.78 Å². The Kier molecular flexibility index (Phi) is 4.10. The summed E-state index contributed by atoms with van der Waals surface area (Å²) >= 11 is 2.12. The highest BCUT2D eigenvalue weighted by atomic mass is 127. The molecule has 0 saturated carbocycles. The fourth-order valence-electron chi connectivity index (χ4n) is 2.17. The topological polar surface area (TPSA) is 27.1 Å². The molecule has 0 aliphatic heterocycles. The summed E-state index contributed by atoms with van der Waals surface area (Å²) in [5.41, 5.74) is 1.62. The van der Waals surface area contributed by atoms with E-state index in [9.17, 15) is 8.78 Å². The second-order valence-corrected chi connectivity index (χ2v) is 5.74. The molecule has 1 aromatic heterocycles. The first-order valence-corrected chi connectivity index (χ1v) is 7.51. The molecule has 1 heterocycles. The number of ether oxygens (including phenoxy) is 1. The first kappa shape index (κ1) is 15.0. The Labute approximate surface area is 139 Å². The van der Waals surface area contributed by atoms with E-state index >= 15 is 0 Å². The summed E-state index contributed by atoms with van der Waals surface area (Å²) in [5, 5.41) is 4.18. The maximum Gasteiger partial charge on any atom is 0.149 e. The highest BCUT2D eigenvalue weighted by Gasteiger charge is 2.16. The van der Waals surface area contributed by atoms with Crippen LogP contribution in [0.1, 0.15) is 0 Å². The predicted octanol–water partition coefficient (Wildman–Crippen LogP) is 4.43. The summed E-state index contributed by atoms with van der Waals surface area (Å²) in [6, 6.07) is 10.6. The van der Waals surface area contributed by atoms with E-state index in [1.165, 1.54) is 4.68 Å². The second-order valence-electron chi connectivity index (χ2n) is 4.58. The lowest BCUT2D eigenvalue weighted by Gasteiger charge is -2.10. The van der Waals surface area contributed by atoms with Gasteiger partial charge in [0.05, 0.1) is 22.6 Å². The van der Waals surface area contributed by atoms with E-state index in [2.05, 4.69) is 27.7 Å². The minimum Gasteiger partial charge on any atom is -0.497 e. The average molecular weight is 412 g/mol. The van der Waals surface area contributed by atoms with Crippen molar-refractivity contribution in [1.82, 2.24) is 9.78 Å². The molecular weight excluding hydrogens is 401 g/mol. The van der Waals surface area contributed by atoms with Crippen molar-refractivity contribution in [2.75, 3.05) is 7.11 Å². The fraction of sp³-hybridized carbons (Fsp3) is 0.0625. The van der Waals surface area contributed by atoms with Crippen LogP contribution in [0.15, 0.2) is 48.7 Å². The van der Waals surface area contributed by atoms with E-state index in [1.807, 2.05) is 24.3 Å². The van der Waals surface area contributed by atoms with Gasteiger partial charge in [-0.1, -0.05) is 0 Å². The van der Waals surface area contributed by atoms with Crippen LogP contribution in [0.2, 0.25) is 0 Å². The molecule has 6 heteroatoms. The highest BCUT2D eigenvalue weighted by molar-refractivity contribution is 14.1. The van der Waals surface area contributed by atoms with Gasteiger partial charge in [-0.15, -0.1) is 0 Å². The zero-order valence-electron chi connectivity index (χ0n) is 11.6. The van der Waals surface area contributed by atoms with Crippen molar-refractivity contribution in [2.45, 2.75) is 0 Å². The first-order chi connectivity index (χ1) is 10.6. The summed E-state index contributed by atoms with van der Waals surface area (Å²) < 4.78 is 34.9. The summed E-state index contributed by atoms with van der Waals surface area (Å²) in [7, 11) is 1.59. The molecule has 0 bridgehead atoms. The maximum atomic E-state index is 14.0. The number of hydrogen-bond donors (Lipinski definition) is 0. The Morgan fingerprint density at radius 2 is 1.82 bits per heavy atom. The smallest absolute Gasteiger partial charge is 0.149 e. The zero-order chi connectivity index (χ0) is 15.7. The fourth-order valence-corrected chi connectivity index (χ4v) is 2.83. The van der Waals surface area contributed by atoms with Crippen LogP contribution in [-0.2, 0) is 0 Å². The average Bonchev–Trinajstić information content (AvgIpc) is 2.91. The summed E-state index contributed by atoms with van der Waals surface area (Å²) in [5.74, 6) is -0.319. The molecule has 112 valence electrons. The molecule has 3 aromatic rings. The van der Waals surface area contributed by atoms with Crippen molar-refractivity contribution in [3.05, 3.63) is 63.9 Å².